The molecule has 0 spiro atoms. The Hall–Kier alpha value is -2.59. The number of amides is 1. The number of hydrogen-bond acceptors (Lipinski definition) is 8. The van der Waals surface area contributed by atoms with Gasteiger partial charge in [-0.1, -0.05) is 36.1 Å². The van der Waals surface area contributed by atoms with Gasteiger partial charge in [-0.15, -0.1) is 10.2 Å². The van der Waals surface area contributed by atoms with Crippen molar-refractivity contribution in [2.45, 2.75) is 50.6 Å². The second kappa shape index (κ2) is 9.48. The van der Waals surface area contributed by atoms with Gasteiger partial charge in [-0.3, -0.25) is 19.7 Å². The predicted molar refractivity (Wildman–Crippen MR) is 117 cm³/mol. The first-order valence-electron chi connectivity index (χ1n) is 9.90. The number of carbonyl (C=O) groups is 1. The van der Waals surface area contributed by atoms with Crippen LogP contribution in [-0.2, 0) is 30.6 Å². The second-order valence-corrected chi connectivity index (χ2v) is 9.00. The number of nitrogens with one attached hydrogen (secondary N) is 1. The number of thioether (sulfide) groups is 1. The molecule has 1 amide bonds. The van der Waals surface area contributed by atoms with E-state index < -0.39 is 0 Å². The van der Waals surface area contributed by atoms with Crippen molar-refractivity contribution in [1.29, 1.82) is 0 Å². The molecular formula is C20H22N6O2S2. The van der Waals surface area contributed by atoms with Crippen LogP contribution < -0.4 is 11.0 Å². The van der Waals surface area contributed by atoms with Crippen LogP contribution in [0, 0.1) is 0 Å². The van der Waals surface area contributed by atoms with E-state index in [2.05, 4.69) is 25.5 Å². The van der Waals surface area contributed by atoms with Crippen molar-refractivity contribution in [3.63, 3.8) is 0 Å². The number of rotatable bonds is 7. The zero-order valence-corrected chi connectivity index (χ0v) is 18.3. The average molecular weight is 443 g/mol. The van der Waals surface area contributed by atoms with Crippen molar-refractivity contribution >= 4 is 34.1 Å². The second-order valence-electron chi connectivity index (χ2n) is 6.97. The first-order chi connectivity index (χ1) is 14.6. The Balaban J connectivity index is 1.51. The van der Waals surface area contributed by atoms with E-state index in [9.17, 15) is 9.59 Å². The summed E-state index contributed by atoms with van der Waals surface area (Å²) >= 11 is 2.69. The Morgan fingerprint density at radius 1 is 1.30 bits per heavy atom. The Kier molecular flexibility index (Phi) is 6.53. The van der Waals surface area contributed by atoms with E-state index >= 15 is 0 Å². The molecule has 1 aliphatic rings. The Labute approximate surface area is 182 Å². The first-order valence-corrected chi connectivity index (χ1v) is 11.7. The molecule has 3 aromatic rings. The number of aromatic nitrogens is 5. The highest BCUT2D eigenvalue weighted by Crippen LogP contribution is 2.29. The van der Waals surface area contributed by atoms with Crippen LogP contribution in [0.3, 0.4) is 0 Å². The number of hydrogen-bond donors (Lipinski definition) is 1. The zero-order chi connectivity index (χ0) is 20.9. The van der Waals surface area contributed by atoms with Crippen LogP contribution in [0.1, 0.15) is 41.6 Å². The van der Waals surface area contributed by atoms with E-state index in [4.69, 9.17) is 0 Å². The molecule has 0 aromatic carbocycles. The highest BCUT2D eigenvalue weighted by Gasteiger charge is 2.21. The number of pyridine rings is 1. The molecule has 156 valence electrons. The normalized spacial score (nSPS) is 13.1. The highest BCUT2D eigenvalue weighted by molar-refractivity contribution is 8.00. The van der Waals surface area contributed by atoms with Gasteiger partial charge in [0.1, 0.15) is 10.0 Å². The summed E-state index contributed by atoms with van der Waals surface area (Å²) < 4.78 is 1.75. The summed E-state index contributed by atoms with van der Waals surface area (Å²) in [4.78, 5) is 33.6. The molecule has 4 rings (SSSR count). The molecule has 0 aliphatic heterocycles. The van der Waals surface area contributed by atoms with Crippen LogP contribution in [0.25, 0.3) is 0 Å². The summed E-state index contributed by atoms with van der Waals surface area (Å²) in [7, 11) is 0. The van der Waals surface area contributed by atoms with Gasteiger partial charge < -0.3 is 0 Å². The molecule has 3 aromatic heterocycles. The highest BCUT2D eigenvalue weighted by atomic mass is 32.2. The molecule has 0 atom stereocenters. The number of nitrogens with zero attached hydrogens (tertiary/aromatic N) is 5. The van der Waals surface area contributed by atoms with Crippen molar-refractivity contribution in [3.05, 3.63) is 56.8 Å². The van der Waals surface area contributed by atoms with Crippen LogP contribution in [0.15, 0.2) is 34.3 Å². The summed E-state index contributed by atoms with van der Waals surface area (Å²) in [5, 5.41) is 12.8. The fourth-order valence-corrected chi connectivity index (χ4v) is 5.01. The Morgan fingerprint density at radius 2 is 2.17 bits per heavy atom. The predicted octanol–water partition coefficient (Wildman–Crippen LogP) is 2.71. The molecule has 0 unspecified atom stereocenters. The lowest BCUT2D eigenvalue weighted by atomic mass is 9.97. The fraction of sp³-hybridized carbons (Fsp3) is 0.400. The number of anilines is 1. The van der Waals surface area contributed by atoms with Gasteiger partial charge in [-0.2, -0.15) is 4.98 Å². The van der Waals surface area contributed by atoms with Gasteiger partial charge in [-0.05, 0) is 43.7 Å². The van der Waals surface area contributed by atoms with E-state index in [1.165, 1.54) is 23.1 Å². The number of carbonyl (C=O) groups excluding carboxylic acids is 1. The van der Waals surface area contributed by atoms with E-state index in [1.54, 1.807) is 17.0 Å². The Bertz CT molecular complexity index is 1100. The summed E-state index contributed by atoms with van der Waals surface area (Å²) in [6, 6.07) is 3.82. The average Bonchev–Trinajstić information content (AvgIpc) is 3.22. The maximum Gasteiger partial charge on any atom is 0.349 e. The van der Waals surface area contributed by atoms with Crippen LogP contribution in [0.5, 0.6) is 0 Å². The molecule has 3 heterocycles. The molecule has 0 radical (unpaired) electrons. The van der Waals surface area contributed by atoms with Gasteiger partial charge in [-0.25, -0.2) is 4.79 Å². The molecule has 8 nitrogen and oxygen atoms in total. The van der Waals surface area contributed by atoms with E-state index in [1.807, 2.05) is 19.1 Å². The van der Waals surface area contributed by atoms with Crippen LogP contribution in [0.4, 0.5) is 5.13 Å². The van der Waals surface area contributed by atoms with Crippen molar-refractivity contribution in [2.75, 3.05) is 11.1 Å². The van der Waals surface area contributed by atoms with Crippen LogP contribution in [0.2, 0.25) is 0 Å². The first kappa shape index (κ1) is 20.7. The summed E-state index contributed by atoms with van der Waals surface area (Å²) in [6.45, 7) is 2.46. The summed E-state index contributed by atoms with van der Waals surface area (Å²) in [5.74, 6) is -0.00305. The fourth-order valence-electron chi connectivity index (χ4n) is 3.44. The van der Waals surface area contributed by atoms with Crippen molar-refractivity contribution in [2.24, 2.45) is 0 Å². The third-order valence-corrected chi connectivity index (χ3v) is 6.87. The van der Waals surface area contributed by atoms with Crippen LogP contribution >= 0.6 is 23.1 Å². The van der Waals surface area contributed by atoms with Crippen molar-refractivity contribution in [1.82, 2.24) is 24.7 Å². The molecule has 1 aliphatic carbocycles. The molecule has 0 saturated carbocycles. The smallest absolute Gasteiger partial charge is 0.300 e. The van der Waals surface area contributed by atoms with Gasteiger partial charge in [0.05, 0.1) is 12.3 Å². The topological polar surface area (TPSA) is 103 Å². The van der Waals surface area contributed by atoms with Gasteiger partial charge in [0.15, 0.2) is 0 Å². The van der Waals surface area contributed by atoms with Crippen molar-refractivity contribution in [3.8, 4) is 0 Å². The maximum atomic E-state index is 12.8. The lowest BCUT2D eigenvalue weighted by Crippen LogP contribution is -2.30. The minimum atomic E-state index is -0.279. The van der Waals surface area contributed by atoms with Crippen molar-refractivity contribution < 1.29 is 4.79 Å². The third-order valence-electron chi connectivity index (χ3n) is 4.87. The molecule has 10 heteroatoms. The molecule has 0 saturated heterocycles. The molecular weight excluding hydrogens is 420 g/mol. The molecule has 0 bridgehead atoms. The SMILES string of the molecule is CCc1nnc(NC(=O)CSc2nc(=O)n(Cc3cccnc3)c3c2CCCC3)s1. The zero-order valence-electron chi connectivity index (χ0n) is 16.6. The van der Waals surface area contributed by atoms with E-state index in [0.717, 1.165) is 53.9 Å². The third kappa shape index (κ3) is 4.76. The minimum Gasteiger partial charge on any atom is -0.300 e. The Morgan fingerprint density at radius 3 is 2.93 bits per heavy atom. The quantitative estimate of drug-likeness (QED) is 0.443. The van der Waals surface area contributed by atoms with Gasteiger partial charge >= 0.3 is 5.69 Å². The lowest BCUT2D eigenvalue weighted by Gasteiger charge is -2.22. The maximum absolute atomic E-state index is 12.8. The molecule has 1 N–H and O–H groups in total. The molecule has 30 heavy (non-hydrogen) atoms. The monoisotopic (exact) mass is 442 g/mol. The van der Waals surface area contributed by atoms with Crippen LogP contribution in [-0.4, -0.2) is 36.4 Å². The van der Waals surface area contributed by atoms with Gasteiger partial charge in [0.25, 0.3) is 0 Å². The standard InChI is InChI=1S/C20H22N6O2S2/c1-2-17-24-25-19(30-17)22-16(27)12-29-18-14-7-3-4-8-15(14)26(20(28)23-18)11-13-6-5-9-21-10-13/h5-6,9-10H,2-4,7-8,11-12H2,1H3,(H,22,25,27). The lowest BCUT2D eigenvalue weighted by molar-refractivity contribution is -0.113. The number of fused-ring (bicyclic) bond motifs is 1. The van der Waals surface area contributed by atoms with E-state index in [0.29, 0.717) is 16.7 Å². The summed E-state index contributed by atoms with van der Waals surface area (Å²) in [6.07, 6.45) is 8.10. The largest absolute Gasteiger partial charge is 0.349 e. The van der Waals surface area contributed by atoms with Gasteiger partial charge in [0.2, 0.25) is 11.0 Å². The summed E-state index contributed by atoms with van der Waals surface area (Å²) in [5.41, 5.74) is 2.81. The minimum absolute atomic E-state index is 0.173. The van der Waals surface area contributed by atoms with Gasteiger partial charge in [0, 0.05) is 23.7 Å². The van der Waals surface area contributed by atoms with E-state index in [-0.39, 0.29) is 17.3 Å². The number of aryl methyl sites for hydroxylation is 1. The molecule has 0 fully saturated rings.